The van der Waals surface area contributed by atoms with E-state index < -0.39 is 0 Å². The van der Waals surface area contributed by atoms with Gasteiger partial charge in [-0.1, -0.05) is 0 Å². The lowest BCUT2D eigenvalue weighted by Crippen LogP contribution is -2.21. The highest BCUT2D eigenvalue weighted by Gasteiger charge is 2.20. The van der Waals surface area contributed by atoms with E-state index in [-0.39, 0.29) is 5.91 Å². The standard InChI is InChI=1S/C12H17N3O/c1-15(2)12(16)10-5-6-11(14-8-10)13-7-9-3-4-9/h5-6,8-9H,3-4,7H2,1-2H3,(H,13,14). The molecular weight excluding hydrogens is 202 g/mol. The van der Waals surface area contributed by atoms with Gasteiger partial charge in [-0.05, 0) is 30.9 Å². The van der Waals surface area contributed by atoms with Crippen molar-refractivity contribution in [3.05, 3.63) is 23.9 Å². The number of carbonyl (C=O) groups is 1. The zero-order valence-electron chi connectivity index (χ0n) is 9.73. The van der Waals surface area contributed by atoms with Crippen molar-refractivity contribution in [3.8, 4) is 0 Å². The number of nitrogens with zero attached hydrogens (tertiary/aromatic N) is 2. The molecule has 86 valence electrons. The fourth-order valence-electron chi connectivity index (χ4n) is 1.45. The monoisotopic (exact) mass is 219 g/mol. The van der Waals surface area contributed by atoms with E-state index in [1.165, 1.54) is 12.8 Å². The number of hydrogen-bond donors (Lipinski definition) is 1. The van der Waals surface area contributed by atoms with Crippen LogP contribution in [-0.2, 0) is 0 Å². The molecule has 0 saturated heterocycles. The summed E-state index contributed by atoms with van der Waals surface area (Å²) in [5.74, 6) is 1.66. The van der Waals surface area contributed by atoms with Gasteiger partial charge in [0, 0.05) is 26.8 Å². The van der Waals surface area contributed by atoms with E-state index in [1.54, 1.807) is 25.2 Å². The zero-order valence-corrected chi connectivity index (χ0v) is 9.73. The maximum Gasteiger partial charge on any atom is 0.254 e. The number of pyridine rings is 1. The Morgan fingerprint density at radius 1 is 1.50 bits per heavy atom. The summed E-state index contributed by atoms with van der Waals surface area (Å²) in [4.78, 5) is 17.4. The Bertz CT molecular complexity index is 368. The molecule has 16 heavy (non-hydrogen) atoms. The first-order valence-corrected chi connectivity index (χ1v) is 5.58. The smallest absolute Gasteiger partial charge is 0.254 e. The Morgan fingerprint density at radius 2 is 2.25 bits per heavy atom. The van der Waals surface area contributed by atoms with Crippen LogP contribution >= 0.6 is 0 Å². The summed E-state index contributed by atoms with van der Waals surface area (Å²) in [6, 6.07) is 3.67. The topological polar surface area (TPSA) is 45.2 Å². The molecule has 4 nitrogen and oxygen atoms in total. The van der Waals surface area contributed by atoms with Crippen LogP contribution < -0.4 is 5.32 Å². The van der Waals surface area contributed by atoms with Crippen LogP contribution in [0.15, 0.2) is 18.3 Å². The Hall–Kier alpha value is -1.58. The summed E-state index contributed by atoms with van der Waals surface area (Å²) >= 11 is 0. The first-order chi connectivity index (χ1) is 7.66. The van der Waals surface area contributed by atoms with Crippen LogP contribution in [0.2, 0.25) is 0 Å². The SMILES string of the molecule is CN(C)C(=O)c1ccc(NCC2CC2)nc1. The third-order valence-corrected chi connectivity index (χ3v) is 2.69. The Morgan fingerprint density at radius 3 is 2.75 bits per heavy atom. The molecule has 1 fully saturated rings. The summed E-state index contributed by atoms with van der Waals surface area (Å²) < 4.78 is 0. The second-order valence-electron chi connectivity index (χ2n) is 4.46. The highest BCUT2D eigenvalue weighted by atomic mass is 16.2. The van der Waals surface area contributed by atoms with E-state index in [0.29, 0.717) is 5.56 Å². The summed E-state index contributed by atoms with van der Waals surface area (Å²) in [7, 11) is 3.48. The normalized spacial score (nSPS) is 14.6. The Balaban J connectivity index is 1.95. The third-order valence-electron chi connectivity index (χ3n) is 2.69. The fraction of sp³-hybridized carbons (Fsp3) is 0.500. The van der Waals surface area contributed by atoms with Crippen LogP contribution in [-0.4, -0.2) is 36.4 Å². The summed E-state index contributed by atoms with van der Waals surface area (Å²) in [6.45, 7) is 0.994. The van der Waals surface area contributed by atoms with Gasteiger partial charge in [0.05, 0.1) is 5.56 Å². The molecule has 1 N–H and O–H groups in total. The quantitative estimate of drug-likeness (QED) is 0.836. The van der Waals surface area contributed by atoms with E-state index >= 15 is 0 Å². The predicted octanol–water partition coefficient (Wildman–Crippen LogP) is 1.61. The summed E-state index contributed by atoms with van der Waals surface area (Å²) in [5, 5.41) is 3.27. The lowest BCUT2D eigenvalue weighted by Gasteiger charge is -2.10. The van der Waals surface area contributed by atoms with Gasteiger partial charge in [-0.25, -0.2) is 4.98 Å². The molecule has 0 bridgehead atoms. The molecule has 1 heterocycles. The third kappa shape index (κ3) is 2.72. The second kappa shape index (κ2) is 4.51. The first-order valence-electron chi connectivity index (χ1n) is 5.58. The first kappa shape index (κ1) is 10.9. The molecule has 0 spiro atoms. The lowest BCUT2D eigenvalue weighted by molar-refractivity contribution is 0.0827. The van der Waals surface area contributed by atoms with Gasteiger partial charge in [0.25, 0.3) is 5.91 Å². The summed E-state index contributed by atoms with van der Waals surface area (Å²) in [6.07, 6.45) is 4.27. The number of aromatic nitrogens is 1. The van der Waals surface area contributed by atoms with Gasteiger partial charge >= 0.3 is 0 Å². The largest absolute Gasteiger partial charge is 0.370 e. The number of amides is 1. The zero-order chi connectivity index (χ0) is 11.5. The minimum absolute atomic E-state index is 0.0127. The molecule has 1 aliphatic rings. The average molecular weight is 219 g/mol. The minimum atomic E-state index is -0.0127. The van der Waals surface area contributed by atoms with Crippen molar-refractivity contribution >= 4 is 11.7 Å². The predicted molar refractivity (Wildman–Crippen MR) is 63.5 cm³/mol. The van der Waals surface area contributed by atoms with Crippen molar-refractivity contribution < 1.29 is 4.79 Å². The van der Waals surface area contributed by atoms with Crippen molar-refractivity contribution in [2.75, 3.05) is 26.0 Å². The fourth-order valence-corrected chi connectivity index (χ4v) is 1.45. The van der Waals surface area contributed by atoms with Crippen molar-refractivity contribution in [2.24, 2.45) is 5.92 Å². The molecule has 0 atom stereocenters. The van der Waals surface area contributed by atoms with Crippen LogP contribution in [0.1, 0.15) is 23.2 Å². The van der Waals surface area contributed by atoms with Crippen molar-refractivity contribution in [3.63, 3.8) is 0 Å². The van der Waals surface area contributed by atoms with E-state index in [4.69, 9.17) is 0 Å². The molecule has 0 unspecified atom stereocenters. The second-order valence-corrected chi connectivity index (χ2v) is 4.46. The highest BCUT2D eigenvalue weighted by molar-refractivity contribution is 5.93. The van der Waals surface area contributed by atoms with Gasteiger partial charge < -0.3 is 10.2 Å². The average Bonchev–Trinajstić information content (AvgIpc) is 3.10. The van der Waals surface area contributed by atoms with Gasteiger partial charge in [-0.2, -0.15) is 0 Å². The minimum Gasteiger partial charge on any atom is -0.370 e. The van der Waals surface area contributed by atoms with E-state index in [0.717, 1.165) is 18.3 Å². The lowest BCUT2D eigenvalue weighted by atomic mass is 10.2. The number of nitrogens with one attached hydrogen (secondary N) is 1. The van der Waals surface area contributed by atoms with E-state index in [2.05, 4.69) is 10.3 Å². The molecule has 0 radical (unpaired) electrons. The number of rotatable bonds is 4. The molecule has 1 aromatic heterocycles. The van der Waals surface area contributed by atoms with Crippen molar-refractivity contribution in [1.29, 1.82) is 0 Å². The number of anilines is 1. The van der Waals surface area contributed by atoms with Gasteiger partial charge in [0.2, 0.25) is 0 Å². The van der Waals surface area contributed by atoms with Crippen molar-refractivity contribution in [2.45, 2.75) is 12.8 Å². The van der Waals surface area contributed by atoms with Crippen LogP contribution in [0.5, 0.6) is 0 Å². The van der Waals surface area contributed by atoms with Gasteiger partial charge in [0.15, 0.2) is 0 Å². The number of carbonyl (C=O) groups excluding carboxylic acids is 1. The molecule has 1 amide bonds. The maximum absolute atomic E-state index is 11.6. The molecule has 1 aliphatic carbocycles. The Labute approximate surface area is 95.7 Å². The van der Waals surface area contributed by atoms with Gasteiger partial charge in [-0.3, -0.25) is 4.79 Å². The van der Waals surface area contributed by atoms with E-state index in [9.17, 15) is 4.79 Å². The van der Waals surface area contributed by atoms with Gasteiger partial charge in [0.1, 0.15) is 5.82 Å². The molecular formula is C12H17N3O. The van der Waals surface area contributed by atoms with Gasteiger partial charge in [-0.15, -0.1) is 0 Å². The molecule has 1 saturated carbocycles. The Kier molecular flexibility index (Phi) is 3.08. The van der Waals surface area contributed by atoms with Crippen molar-refractivity contribution in [1.82, 2.24) is 9.88 Å². The van der Waals surface area contributed by atoms with Crippen LogP contribution in [0.3, 0.4) is 0 Å². The summed E-state index contributed by atoms with van der Waals surface area (Å²) in [5.41, 5.74) is 0.627. The molecule has 2 rings (SSSR count). The molecule has 0 aliphatic heterocycles. The van der Waals surface area contributed by atoms with E-state index in [1.807, 2.05) is 12.1 Å². The molecule has 1 aromatic rings. The molecule has 4 heteroatoms. The van der Waals surface area contributed by atoms with Crippen LogP contribution in [0.4, 0.5) is 5.82 Å². The van der Waals surface area contributed by atoms with Crippen LogP contribution in [0, 0.1) is 5.92 Å². The van der Waals surface area contributed by atoms with Crippen LogP contribution in [0.25, 0.3) is 0 Å². The number of hydrogen-bond acceptors (Lipinski definition) is 3. The highest BCUT2D eigenvalue weighted by Crippen LogP contribution is 2.28. The maximum atomic E-state index is 11.6. The molecule has 0 aromatic carbocycles.